The molecule has 0 saturated heterocycles. The molecule has 5 aromatic carbocycles. The van der Waals surface area contributed by atoms with Crippen molar-refractivity contribution in [1.82, 2.24) is 0 Å². The lowest BCUT2D eigenvalue weighted by Crippen LogP contribution is -2.42. The average Bonchev–Trinajstić information content (AvgIpc) is 3.63. The maximum Gasteiger partial charge on any atom is 0.337 e. The van der Waals surface area contributed by atoms with Crippen LogP contribution in [0.25, 0.3) is 11.1 Å². The summed E-state index contributed by atoms with van der Waals surface area (Å²) in [6.07, 6.45) is 0.107. The number of carbonyl (C=O) groups is 4. The number of hydrogen-bond donors (Lipinski definition) is 0. The summed E-state index contributed by atoms with van der Waals surface area (Å²) in [6, 6.07) is 31.0. The van der Waals surface area contributed by atoms with E-state index in [0.29, 0.717) is 22.3 Å². The minimum atomic E-state index is -1.62. The Morgan fingerprint density at radius 3 is 1.47 bits per heavy atom. The van der Waals surface area contributed by atoms with Crippen molar-refractivity contribution in [2.45, 2.75) is 24.7 Å². The molecule has 0 spiro atoms. The van der Waals surface area contributed by atoms with Crippen molar-refractivity contribution in [2.24, 2.45) is 5.41 Å². The van der Waals surface area contributed by atoms with Crippen molar-refractivity contribution >= 4 is 23.9 Å². The lowest BCUT2D eigenvalue weighted by molar-refractivity contribution is -0.168. The van der Waals surface area contributed by atoms with Crippen LogP contribution in [0.5, 0.6) is 0 Å². The normalized spacial score (nSPS) is 16.5. The quantitative estimate of drug-likeness (QED) is 0.0841. The Kier molecular flexibility index (Phi) is 8.22. The first kappa shape index (κ1) is 33.7. The number of fused-ring (bicyclic) bond motifs is 1. The van der Waals surface area contributed by atoms with Crippen molar-refractivity contribution in [3.63, 3.8) is 0 Å². The summed E-state index contributed by atoms with van der Waals surface area (Å²) in [5, 5.41) is 0. The standard InChI is InChI=1S/C45H34O8/c1-50-41(46)27-16-13-25(14-17-27)15-22-33-34-23-45(43(48)52-3,44(49)53-4)24-35(34)39-37-29-9-5-7-11-31(29)38(32-12-8-6-10-30(32)37)40(39)36(33)26-18-20-28(21-19-26)42(47)51-2/h5-14,16-21,37-38H,23-24H2,1-4H3. The van der Waals surface area contributed by atoms with Gasteiger partial charge in [-0.15, -0.1) is 0 Å². The monoisotopic (exact) mass is 702 g/mol. The molecule has 0 N–H and O–H groups in total. The molecule has 0 fully saturated rings. The third-order valence-electron chi connectivity index (χ3n) is 11.0. The fourth-order valence-corrected chi connectivity index (χ4v) is 8.65. The van der Waals surface area contributed by atoms with E-state index in [-0.39, 0.29) is 24.7 Å². The predicted molar refractivity (Wildman–Crippen MR) is 196 cm³/mol. The Bertz CT molecular complexity index is 2360. The summed E-state index contributed by atoms with van der Waals surface area (Å²) < 4.78 is 20.5. The zero-order valence-electron chi connectivity index (χ0n) is 29.6. The van der Waals surface area contributed by atoms with E-state index in [9.17, 15) is 19.2 Å². The number of methoxy groups -OCH3 is 4. The van der Waals surface area contributed by atoms with E-state index in [1.807, 2.05) is 24.3 Å². The molecule has 9 rings (SSSR count). The van der Waals surface area contributed by atoms with Gasteiger partial charge in [-0.2, -0.15) is 0 Å². The molecule has 5 aromatic rings. The molecule has 0 heterocycles. The highest BCUT2D eigenvalue weighted by Gasteiger charge is 2.56. The van der Waals surface area contributed by atoms with E-state index in [1.54, 1.807) is 36.4 Å². The molecule has 0 atom stereocenters. The molecule has 8 heteroatoms. The smallest absolute Gasteiger partial charge is 0.337 e. The first-order valence-electron chi connectivity index (χ1n) is 17.2. The first-order chi connectivity index (χ1) is 25.8. The number of ether oxygens (including phenoxy) is 4. The minimum absolute atomic E-state index is 0.0220. The molecule has 262 valence electrons. The Labute approximate surface area is 306 Å². The maximum atomic E-state index is 13.8. The maximum absolute atomic E-state index is 13.8. The second kappa shape index (κ2) is 12.9. The van der Waals surface area contributed by atoms with Gasteiger partial charge in [0.1, 0.15) is 0 Å². The SMILES string of the molecule is COC(=O)c1ccc(C#Cc2c3c(c4c(c2-c2ccc(C(=O)OC)cc2)C2c5ccccc5C4c4ccccc42)CC(C(=O)OC)(C(=O)OC)C3)cc1. The van der Waals surface area contributed by atoms with Gasteiger partial charge in [0.2, 0.25) is 0 Å². The van der Waals surface area contributed by atoms with Crippen molar-refractivity contribution in [3.8, 4) is 23.0 Å². The molecule has 8 nitrogen and oxygen atoms in total. The molecule has 0 amide bonds. The third kappa shape index (κ3) is 5.07. The number of rotatable bonds is 5. The van der Waals surface area contributed by atoms with Crippen molar-refractivity contribution in [2.75, 3.05) is 28.4 Å². The predicted octanol–water partition coefficient (Wildman–Crippen LogP) is 6.74. The van der Waals surface area contributed by atoms with Crippen LogP contribution in [0.2, 0.25) is 0 Å². The van der Waals surface area contributed by atoms with Gasteiger partial charge in [-0.3, -0.25) is 9.59 Å². The summed E-state index contributed by atoms with van der Waals surface area (Å²) in [7, 11) is 5.25. The van der Waals surface area contributed by atoms with Crippen LogP contribution >= 0.6 is 0 Å². The van der Waals surface area contributed by atoms with E-state index in [2.05, 4.69) is 48.2 Å². The fourth-order valence-electron chi connectivity index (χ4n) is 8.65. The molecule has 0 unspecified atom stereocenters. The fraction of sp³-hybridized carbons (Fsp3) is 0.200. The van der Waals surface area contributed by atoms with E-state index < -0.39 is 29.3 Å². The van der Waals surface area contributed by atoms with Crippen molar-refractivity contribution in [1.29, 1.82) is 0 Å². The number of benzene rings is 5. The lowest BCUT2D eigenvalue weighted by Gasteiger charge is -2.44. The number of esters is 4. The van der Waals surface area contributed by atoms with Crippen LogP contribution in [0, 0.1) is 17.3 Å². The molecule has 53 heavy (non-hydrogen) atoms. The van der Waals surface area contributed by atoms with E-state index in [1.165, 1.54) is 50.7 Å². The number of carbonyl (C=O) groups excluding carboxylic acids is 4. The summed E-state index contributed by atoms with van der Waals surface area (Å²) in [5.74, 6) is 4.20. The van der Waals surface area contributed by atoms with Gasteiger partial charge in [0.05, 0.1) is 39.6 Å². The zero-order chi connectivity index (χ0) is 37.0. The summed E-state index contributed by atoms with van der Waals surface area (Å²) >= 11 is 0. The summed E-state index contributed by atoms with van der Waals surface area (Å²) in [6.45, 7) is 0. The van der Waals surface area contributed by atoms with Crippen LogP contribution in [0.1, 0.15) is 88.2 Å². The van der Waals surface area contributed by atoms with Gasteiger partial charge in [0.15, 0.2) is 5.41 Å². The average molecular weight is 703 g/mol. The summed E-state index contributed by atoms with van der Waals surface area (Å²) in [5.41, 5.74) is 10.6. The Hall–Kier alpha value is -6.46. The third-order valence-corrected chi connectivity index (χ3v) is 11.0. The van der Waals surface area contributed by atoms with Crippen molar-refractivity contribution in [3.05, 3.63) is 164 Å². The van der Waals surface area contributed by atoms with Gasteiger partial charge in [-0.25, -0.2) is 9.59 Å². The Morgan fingerprint density at radius 1 is 0.547 bits per heavy atom. The largest absolute Gasteiger partial charge is 0.468 e. The van der Waals surface area contributed by atoms with Gasteiger partial charge in [-0.05, 0) is 86.5 Å². The van der Waals surface area contributed by atoms with Gasteiger partial charge in [-0.1, -0.05) is 72.5 Å². The molecular formula is C45H34O8. The number of hydrogen-bond acceptors (Lipinski definition) is 8. The molecule has 0 aromatic heterocycles. The topological polar surface area (TPSA) is 105 Å². The Morgan fingerprint density at radius 2 is 1.00 bits per heavy atom. The highest BCUT2D eigenvalue weighted by molar-refractivity contribution is 6.03. The van der Waals surface area contributed by atoms with Gasteiger partial charge in [0, 0.05) is 41.4 Å². The highest BCUT2D eigenvalue weighted by atomic mass is 16.5. The van der Waals surface area contributed by atoms with Gasteiger partial charge >= 0.3 is 23.9 Å². The van der Waals surface area contributed by atoms with Gasteiger partial charge < -0.3 is 18.9 Å². The van der Waals surface area contributed by atoms with Crippen LogP contribution in [-0.4, -0.2) is 52.3 Å². The molecule has 2 bridgehead atoms. The molecular weight excluding hydrogens is 668 g/mol. The zero-order valence-corrected chi connectivity index (χ0v) is 29.6. The lowest BCUT2D eigenvalue weighted by atomic mass is 9.58. The van der Waals surface area contributed by atoms with Crippen LogP contribution in [0.3, 0.4) is 0 Å². The van der Waals surface area contributed by atoms with E-state index in [4.69, 9.17) is 18.9 Å². The molecule has 4 aliphatic carbocycles. The van der Waals surface area contributed by atoms with Crippen LogP contribution in [0.15, 0.2) is 97.1 Å². The molecule has 0 aliphatic heterocycles. The first-order valence-corrected chi connectivity index (χ1v) is 17.2. The second-order valence-electron chi connectivity index (χ2n) is 13.5. The van der Waals surface area contributed by atoms with E-state index in [0.717, 1.165) is 33.4 Å². The minimum Gasteiger partial charge on any atom is -0.468 e. The second-order valence-corrected chi connectivity index (χ2v) is 13.5. The van der Waals surface area contributed by atoms with Crippen LogP contribution in [-0.2, 0) is 41.4 Å². The Balaban J connectivity index is 1.48. The molecule has 0 saturated carbocycles. The molecule has 4 aliphatic rings. The van der Waals surface area contributed by atoms with Crippen LogP contribution < -0.4 is 0 Å². The van der Waals surface area contributed by atoms with Gasteiger partial charge in [0.25, 0.3) is 0 Å². The van der Waals surface area contributed by atoms with Crippen molar-refractivity contribution < 1.29 is 38.1 Å². The highest BCUT2D eigenvalue weighted by Crippen LogP contribution is 2.61. The summed E-state index contributed by atoms with van der Waals surface area (Å²) in [4.78, 5) is 52.2. The van der Waals surface area contributed by atoms with Crippen LogP contribution in [0.4, 0.5) is 0 Å². The van der Waals surface area contributed by atoms with E-state index >= 15 is 0 Å². The molecule has 0 radical (unpaired) electrons.